The Morgan fingerprint density at radius 3 is 2.79 bits per heavy atom. The van der Waals surface area contributed by atoms with Gasteiger partial charge in [-0.3, -0.25) is 0 Å². The molecule has 1 heterocycles. The van der Waals surface area contributed by atoms with Gasteiger partial charge < -0.3 is 4.74 Å². The van der Waals surface area contributed by atoms with Crippen LogP contribution in [0.25, 0.3) is 0 Å². The van der Waals surface area contributed by atoms with Crippen LogP contribution in [0.5, 0.6) is 0 Å². The van der Waals surface area contributed by atoms with Crippen molar-refractivity contribution in [2.24, 2.45) is 4.99 Å². The van der Waals surface area contributed by atoms with E-state index in [-0.39, 0.29) is 18.9 Å². The van der Waals surface area contributed by atoms with Gasteiger partial charge in [-0.1, -0.05) is 30.3 Å². The van der Waals surface area contributed by atoms with Gasteiger partial charge in [0.2, 0.25) is 16.1 Å². The Kier molecular flexibility index (Phi) is 4.44. The number of aliphatic imine (C=N–C) groups is 1. The molecule has 0 aromatic heterocycles. The van der Waals surface area contributed by atoms with Gasteiger partial charge in [0, 0.05) is 6.54 Å². The predicted molar refractivity (Wildman–Crippen MR) is 68.5 cm³/mol. The fourth-order valence-corrected chi connectivity index (χ4v) is 3.54. The van der Waals surface area contributed by atoms with E-state index in [0.29, 0.717) is 12.2 Å². The first-order valence-corrected chi connectivity index (χ1v) is 7.42. The molecule has 102 valence electrons. The van der Waals surface area contributed by atoms with Crippen LogP contribution in [0.1, 0.15) is 5.56 Å². The maximum absolute atomic E-state index is 12.3. The van der Waals surface area contributed by atoms with Crippen LogP contribution in [-0.4, -0.2) is 44.7 Å². The van der Waals surface area contributed by atoms with E-state index in [9.17, 15) is 13.2 Å². The number of morpholine rings is 1. The van der Waals surface area contributed by atoms with Crippen LogP contribution < -0.4 is 0 Å². The van der Waals surface area contributed by atoms with Crippen molar-refractivity contribution in [3.63, 3.8) is 0 Å². The van der Waals surface area contributed by atoms with E-state index >= 15 is 0 Å². The van der Waals surface area contributed by atoms with E-state index in [1.807, 2.05) is 6.07 Å². The fraction of sp³-hybridized carbons (Fsp3) is 0.417. The lowest BCUT2D eigenvalue weighted by Gasteiger charge is -2.31. The summed E-state index contributed by atoms with van der Waals surface area (Å²) in [5.74, 6) is -0.112. The highest BCUT2D eigenvalue weighted by Crippen LogP contribution is 2.17. The Hall–Kier alpha value is -1.53. The number of benzene rings is 1. The van der Waals surface area contributed by atoms with E-state index in [0.717, 1.165) is 0 Å². The number of carbonyl (C=O) groups excluding carboxylic acids is 1. The summed E-state index contributed by atoms with van der Waals surface area (Å²) >= 11 is 0. The molecule has 1 aromatic carbocycles. The quantitative estimate of drug-likeness (QED) is 0.595. The van der Waals surface area contributed by atoms with E-state index in [1.54, 1.807) is 24.3 Å². The number of nitrogens with zero attached hydrogens (tertiary/aromatic N) is 2. The third kappa shape index (κ3) is 3.48. The van der Waals surface area contributed by atoms with Gasteiger partial charge in [-0.15, -0.1) is 0 Å². The molecule has 1 fully saturated rings. The molecule has 2 rings (SSSR count). The van der Waals surface area contributed by atoms with Crippen molar-refractivity contribution in [1.29, 1.82) is 0 Å². The molecule has 1 atom stereocenters. The van der Waals surface area contributed by atoms with E-state index in [2.05, 4.69) is 4.99 Å². The second-order valence-corrected chi connectivity index (χ2v) is 6.05. The Morgan fingerprint density at radius 2 is 2.11 bits per heavy atom. The highest BCUT2D eigenvalue weighted by atomic mass is 32.2. The second-order valence-electron chi connectivity index (χ2n) is 4.13. The minimum Gasteiger partial charge on any atom is -0.376 e. The number of sulfonamides is 1. The molecule has 6 nitrogen and oxygen atoms in total. The van der Waals surface area contributed by atoms with Gasteiger partial charge in [0.15, 0.2) is 6.17 Å². The standard InChI is InChI=1S/C12H14N2O4S/c15-10-13-12-8-18-7-6-14(12)19(16,17)9-11-4-2-1-3-5-11/h1-5,12H,6-9H2. The minimum absolute atomic E-state index is 0.0866. The molecule has 0 bridgehead atoms. The Bertz CT molecular complexity index is 567. The molecule has 1 aliphatic rings. The van der Waals surface area contributed by atoms with Gasteiger partial charge in [0.05, 0.1) is 19.0 Å². The SMILES string of the molecule is O=C=NC1COCCN1S(=O)(=O)Cc1ccccc1. The molecule has 0 N–H and O–H groups in total. The lowest BCUT2D eigenvalue weighted by atomic mass is 10.2. The second kappa shape index (κ2) is 6.08. The topological polar surface area (TPSA) is 76.0 Å². The first-order valence-electron chi connectivity index (χ1n) is 5.81. The molecule has 1 aliphatic heterocycles. The summed E-state index contributed by atoms with van der Waals surface area (Å²) in [6.45, 7) is 0.590. The maximum atomic E-state index is 12.3. The first kappa shape index (κ1) is 13.9. The molecule has 0 saturated carbocycles. The van der Waals surface area contributed by atoms with E-state index in [1.165, 1.54) is 10.4 Å². The first-order chi connectivity index (χ1) is 9.13. The summed E-state index contributed by atoms with van der Waals surface area (Å²) < 4.78 is 31.0. The molecule has 1 unspecified atom stereocenters. The third-order valence-corrected chi connectivity index (χ3v) is 4.64. The van der Waals surface area contributed by atoms with Crippen LogP contribution in [-0.2, 0) is 25.3 Å². The number of ether oxygens (including phenoxy) is 1. The normalized spacial score (nSPS) is 20.7. The average Bonchev–Trinajstić information content (AvgIpc) is 2.40. The van der Waals surface area contributed by atoms with Crippen LogP contribution in [0, 0.1) is 0 Å². The van der Waals surface area contributed by atoms with Gasteiger partial charge >= 0.3 is 0 Å². The van der Waals surface area contributed by atoms with Crippen LogP contribution in [0.4, 0.5) is 0 Å². The monoisotopic (exact) mass is 282 g/mol. The van der Waals surface area contributed by atoms with E-state index < -0.39 is 16.2 Å². The zero-order valence-corrected chi connectivity index (χ0v) is 11.0. The van der Waals surface area contributed by atoms with Crippen LogP contribution in [0.3, 0.4) is 0 Å². The zero-order valence-electron chi connectivity index (χ0n) is 10.2. The van der Waals surface area contributed by atoms with Gasteiger partial charge in [0.25, 0.3) is 0 Å². The van der Waals surface area contributed by atoms with Crippen molar-refractivity contribution < 1.29 is 17.9 Å². The fourth-order valence-electron chi connectivity index (χ4n) is 1.93. The number of isocyanates is 1. The summed E-state index contributed by atoms with van der Waals surface area (Å²) in [5.41, 5.74) is 0.697. The summed E-state index contributed by atoms with van der Waals surface area (Å²) in [5, 5.41) is 0. The van der Waals surface area contributed by atoms with Crippen molar-refractivity contribution in [2.75, 3.05) is 19.8 Å². The van der Waals surface area contributed by atoms with Gasteiger partial charge in [-0.25, -0.2) is 13.2 Å². The molecule has 19 heavy (non-hydrogen) atoms. The molecular weight excluding hydrogens is 268 g/mol. The van der Waals surface area contributed by atoms with Gasteiger partial charge in [-0.05, 0) is 5.56 Å². The lowest BCUT2D eigenvalue weighted by Crippen LogP contribution is -2.48. The van der Waals surface area contributed by atoms with Crippen molar-refractivity contribution in [2.45, 2.75) is 11.9 Å². The number of hydrogen-bond acceptors (Lipinski definition) is 5. The Morgan fingerprint density at radius 1 is 1.37 bits per heavy atom. The summed E-state index contributed by atoms with van der Waals surface area (Å²) in [6.07, 6.45) is 0.587. The van der Waals surface area contributed by atoms with Crippen molar-refractivity contribution in [3.05, 3.63) is 35.9 Å². The highest BCUT2D eigenvalue weighted by Gasteiger charge is 2.32. The molecule has 1 aromatic rings. The molecule has 7 heteroatoms. The van der Waals surface area contributed by atoms with Crippen LogP contribution in [0.2, 0.25) is 0 Å². The van der Waals surface area contributed by atoms with Crippen LogP contribution in [0.15, 0.2) is 35.3 Å². The van der Waals surface area contributed by atoms with Crippen molar-refractivity contribution in [3.8, 4) is 0 Å². The lowest BCUT2D eigenvalue weighted by molar-refractivity contribution is 0.0358. The molecule has 0 radical (unpaired) electrons. The molecular formula is C12H14N2O4S. The Balaban J connectivity index is 2.20. The van der Waals surface area contributed by atoms with Gasteiger partial charge in [-0.2, -0.15) is 9.30 Å². The summed E-state index contributed by atoms with van der Waals surface area (Å²) in [4.78, 5) is 13.8. The van der Waals surface area contributed by atoms with Crippen molar-refractivity contribution >= 4 is 16.1 Å². The average molecular weight is 282 g/mol. The van der Waals surface area contributed by atoms with Crippen molar-refractivity contribution in [1.82, 2.24) is 4.31 Å². The van der Waals surface area contributed by atoms with E-state index in [4.69, 9.17) is 4.74 Å². The largest absolute Gasteiger partial charge is 0.376 e. The summed E-state index contributed by atoms with van der Waals surface area (Å²) in [6, 6.07) is 8.88. The molecule has 0 amide bonds. The number of rotatable bonds is 4. The van der Waals surface area contributed by atoms with Crippen LogP contribution >= 0.6 is 0 Å². The molecule has 1 saturated heterocycles. The third-order valence-electron chi connectivity index (χ3n) is 2.81. The molecule has 0 aliphatic carbocycles. The molecule has 0 spiro atoms. The Labute approximate surface area is 111 Å². The summed E-state index contributed by atoms with van der Waals surface area (Å²) in [7, 11) is -3.53. The van der Waals surface area contributed by atoms with Gasteiger partial charge in [0.1, 0.15) is 0 Å². The number of hydrogen-bond donors (Lipinski definition) is 0. The predicted octanol–water partition coefficient (Wildman–Crippen LogP) is 0.510. The highest BCUT2D eigenvalue weighted by molar-refractivity contribution is 7.88. The smallest absolute Gasteiger partial charge is 0.236 e. The maximum Gasteiger partial charge on any atom is 0.236 e. The zero-order chi connectivity index (χ0) is 13.7. The minimum atomic E-state index is -3.53.